The van der Waals surface area contributed by atoms with E-state index >= 15 is 0 Å². The number of rotatable bonds is 8. The standard InChI is InChI=1S/C20H32BrN3O3S/c1-27-19-6-7-20(21)17(13-19)12-16-9-11-24(14-16)10-8-15-2-4-18(5-3-15)23-28(22,25)26/h6-7,13,15-16,18,23H,2-5,8-12,14H2,1H3,(H2,22,25,26)/t15-,16?,18-. The summed E-state index contributed by atoms with van der Waals surface area (Å²) in [4.78, 5) is 2.59. The Morgan fingerprint density at radius 2 is 1.96 bits per heavy atom. The Balaban J connectivity index is 1.39. The van der Waals surface area contributed by atoms with Gasteiger partial charge >= 0.3 is 0 Å². The van der Waals surface area contributed by atoms with E-state index in [4.69, 9.17) is 9.88 Å². The molecule has 8 heteroatoms. The first-order valence-electron chi connectivity index (χ1n) is 10.2. The molecule has 1 aliphatic carbocycles. The van der Waals surface area contributed by atoms with E-state index in [1.54, 1.807) is 7.11 Å². The number of halogens is 1. The van der Waals surface area contributed by atoms with Crippen molar-refractivity contribution in [2.24, 2.45) is 17.0 Å². The number of likely N-dealkylation sites (tertiary alicyclic amines) is 1. The average Bonchev–Trinajstić information content (AvgIpc) is 3.09. The molecule has 0 spiro atoms. The van der Waals surface area contributed by atoms with Gasteiger partial charge in [0.25, 0.3) is 10.2 Å². The lowest BCUT2D eigenvalue weighted by atomic mass is 9.84. The molecule has 3 rings (SSSR count). The average molecular weight is 474 g/mol. The Morgan fingerprint density at radius 3 is 2.64 bits per heavy atom. The second-order valence-corrected chi connectivity index (χ2v) is 10.5. The molecule has 1 aromatic rings. The molecule has 1 aliphatic heterocycles. The minimum atomic E-state index is -3.58. The van der Waals surface area contributed by atoms with Gasteiger partial charge in [0.2, 0.25) is 0 Å². The zero-order valence-corrected chi connectivity index (χ0v) is 19.0. The Kier molecular flexibility index (Phi) is 7.78. The fourth-order valence-electron chi connectivity index (χ4n) is 4.59. The predicted molar refractivity (Wildman–Crippen MR) is 116 cm³/mol. The van der Waals surface area contributed by atoms with Gasteiger partial charge in [-0.15, -0.1) is 0 Å². The molecule has 1 atom stereocenters. The Bertz CT molecular complexity index is 751. The van der Waals surface area contributed by atoms with Crippen molar-refractivity contribution in [1.82, 2.24) is 9.62 Å². The van der Waals surface area contributed by atoms with E-state index in [2.05, 4.69) is 37.7 Å². The van der Waals surface area contributed by atoms with E-state index < -0.39 is 10.2 Å². The third-order valence-electron chi connectivity index (χ3n) is 6.16. The highest BCUT2D eigenvalue weighted by Crippen LogP contribution is 2.30. The van der Waals surface area contributed by atoms with E-state index in [1.807, 2.05) is 6.07 Å². The normalized spacial score (nSPS) is 26.5. The van der Waals surface area contributed by atoms with Gasteiger partial charge in [0.05, 0.1) is 7.11 Å². The molecule has 2 fully saturated rings. The summed E-state index contributed by atoms with van der Waals surface area (Å²) in [5.41, 5.74) is 1.33. The summed E-state index contributed by atoms with van der Waals surface area (Å²) in [6.07, 6.45) is 7.49. The van der Waals surface area contributed by atoms with Crippen LogP contribution in [0.1, 0.15) is 44.1 Å². The quantitative estimate of drug-likeness (QED) is 0.607. The minimum absolute atomic E-state index is 0.0173. The van der Waals surface area contributed by atoms with Gasteiger partial charge in [-0.3, -0.25) is 0 Å². The second-order valence-electron chi connectivity index (χ2n) is 8.29. The summed E-state index contributed by atoms with van der Waals surface area (Å²) >= 11 is 3.67. The zero-order valence-electron chi connectivity index (χ0n) is 16.6. The van der Waals surface area contributed by atoms with Crippen molar-refractivity contribution in [3.8, 4) is 5.75 Å². The zero-order chi connectivity index (χ0) is 20.1. The molecule has 2 aliphatic rings. The molecule has 0 bridgehead atoms. The number of nitrogens with zero attached hydrogens (tertiary/aromatic N) is 1. The number of hydrogen-bond acceptors (Lipinski definition) is 4. The fourth-order valence-corrected chi connectivity index (χ4v) is 5.70. The van der Waals surface area contributed by atoms with E-state index in [9.17, 15) is 8.42 Å². The highest BCUT2D eigenvalue weighted by molar-refractivity contribution is 9.10. The van der Waals surface area contributed by atoms with Crippen LogP contribution in [0.25, 0.3) is 0 Å². The summed E-state index contributed by atoms with van der Waals surface area (Å²) in [7, 11) is -1.86. The maximum absolute atomic E-state index is 11.1. The van der Waals surface area contributed by atoms with Crippen molar-refractivity contribution in [3.63, 3.8) is 0 Å². The number of benzene rings is 1. The lowest BCUT2D eigenvalue weighted by Gasteiger charge is -2.29. The summed E-state index contributed by atoms with van der Waals surface area (Å²) in [5, 5.41) is 5.08. The molecule has 1 heterocycles. The van der Waals surface area contributed by atoms with E-state index in [1.165, 1.54) is 24.9 Å². The van der Waals surface area contributed by atoms with Crippen LogP contribution in [0.15, 0.2) is 22.7 Å². The molecule has 3 N–H and O–H groups in total. The van der Waals surface area contributed by atoms with Crippen LogP contribution >= 0.6 is 15.9 Å². The first-order chi connectivity index (χ1) is 13.3. The Hall–Kier alpha value is -0.670. The van der Waals surface area contributed by atoms with Gasteiger partial charge in [-0.1, -0.05) is 15.9 Å². The fraction of sp³-hybridized carbons (Fsp3) is 0.700. The van der Waals surface area contributed by atoms with Crippen LogP contribution in [0.2, 0.25) is 0 Å². The second kappa shape index (κ2) is 9.89. The molecule has 1 saturated carbocycles. The molecule has 28 heavy (non-hydrogen) atoms. The first kappa shape index (κ1) is 22.0. The summed E-state index contributed by atoms with van der Waals surface area (Å²) in [5.74, 6) is 2.31. The summed E-state index contributed by atoms with van der Waals surface area (Å²) < 4.78 is 31.4. The molecule has 1 aromatic carbocycles. The van der Waals surface area contributed by atoms with E-state index in [-0.39, 0.29) is 6.04 Å². The number of nitrogens with two attached hydrogens (primary N) is 1. The van der Waals surface area contributed by atoms with Crippen LogP contribution in [0.4, 0.5) is 0 Å². The predicted octanol–water partition coefficient (Wildman–Crippen LogP) is 3.06. The number of hydrogen-bond donors (Lipinski definition) is 2. The third-order valence-corrected chi connectivity index (χ3v) is 7.60. The van der Waals surface area contributed by atoms with Crippen LogP contribution in [0.3, 0.4) is 0 Å². The SMILES string of the molecule is COc1ccc(Br)c(CC2CCN(CC[C@H]3CC[C@H](NS(N)(=O)=O)CC3)C2)c1. The van der Waals surface area contributed by atoms with Crippen LogP contribution < -0.4 is 14.6 Å². The highest BCUT2D eigenvalue weighted by atomic mass is 79.9. The Labute approximate surface area is 177 Å². The third kappa shape index (κ3) is 6.69. The molecule has 6 nitrogen and oxygen atoms in total. The van der Waals surface area contributed by atoms with Crippen molar-refractivity contribution in [2.75, 3.05) is 26.7 Å². The van der Waals surface area contributed by atoms with Crippen LogP contribution in [0.5, 0.6) is 5.75 Å². The van der Waals surface area contributed by atoms with Crippen LogP contribution in [-0.2, 0) is 16.6 Å². The van der Waals surface area contributed by atoms with Gasteiger partial charge in [0.15, 0.2) is 0 Å². The molecular formula is C20H32BrN3O3S. The monoisotopic (exact) mass is 473 g/mol. The van der Waals surface area contributed by atoms with Gasteiger partial charge in [-0.05, 0) is 93.6 Å². The molecular weight excluding hydrogens is 442 g/mol. The molecule has 0 radical (unpaired) electrons. The smallest absolute Gasteiger partial charge is 0.274 e. The molecule has 1 saturated heterocycles. The van der Waals surface area contributed by atoms with Crippen molar-refractivity contribution in [1.29, 1.82) is 0 Å². The minimum Gasteiger partial charge on any atom is -0.497 e. The Morgan fingerprint density at radius 1 is 1.21 bits per heavy atom. The maximum Gasteiger partial charge on any atom is 0.274 e. The van der Waals surface area contributed by atoms with Gasteiger partial charge in [0, 0.05) is 17.1 Å². The number of ether oxygens (including phenoxy) is 1. The lowest BCUT2D eigenvalue weighted by molar-refractivity contribution is 0.245. The number of nitrogens with one attached hydrogen (secondary N) is 1. The number of methoxy groups -OCH3 is 1. The van der Waals surface area contributed by atoms with E-state index in [0.29, 0.717) is 11.8 Å². The molecule has 1 unspecified atom stereocenters. The molecule has 0 amide bonds. The van der Waals surface area contributed by atoms with Gasteiger partial charge in [0.1, 0.15) is 5.75 Å². The van der Waals surface area contributed by atoms with Crippen molar-refractivity contribution in [2.45, 2.75) is 51.0 Å². The van der Waals surface area contributed by atoms with Gasteiger partial charge in [-0.25, -0.2) is 5.14 Å². The maximum atomic E-state index is 11.1. The van der Waals surface area contributed by atoms with Crippen molar-refractivity contribution < 1.29 is 13.2 Å². The summed E-state index contributed by atoms with van der Waals surface area (Å²) in [6.45, 7) is 3.48. The van der Waals surface area contributed by atoms with Gasteiger partial charge in [-0.2, -0.15) is 13.1 Å². The topological polar surface area (TPSA) is 84.7 Å². The largest absolute Gasteiger partial charge is 0.497 e. The van der Waals surface area contributed by atoms with Crippen molar-refractivity contribution in [3.05, 3.63) is 28.2 Å². The molecule has 0 aromatic heterocycles. The first-order valence-corrected chi connectivity index (χ1v) is 12.5. The highest BCUT2D eigenvalue weighted by Gasteiger charge is 2.26. The van der Waals surface area contributed by atoms with Crippen molar-refractivity contribution >= 4 is 26.1 Å². The van der Waals surface area contributed by atoms with Crippen LogP contribution in [0, 0.1) is 11.8 Å². The van der Waals surface area contributed by atoms with Crippen LogP contribution in [-0.4, -0.2) is 46.1 Å². The van der Waals surface area contributed by atoms with E-state index in [0.717, 1.165) is 55.4 Å². The van der Waals surface area contributed by atoms with Gasteiger partial charge < -0.3 is 9.64 Å². The summed E-state index contributed by atoms with van der Waals surface area (Å²) in [6, 6.07) is 6.22. The molecule has 158 valence electrons. The lowest BCUT2D eigenvalue weighted by Crippen LogP contribution is -2.41.